The topological polar surface area (TPSA) is 87.2 Å². The van der Waals surface area contributed by atoms with Gasteiger partial charge in [0.25, 0.3) is 16.0 Å². The first kappa shape index (κ1) is 21.0. The third-order valence-electron chi connectivity index (χ3n) is 3.87. The highest BCUT2D eigenvalue weighted by Gasteiger charge is 2.19. The Kier molecular flexibility index (Phi) is 6.69. The lowest BCUT2D eigenvalue weighted by Crippen LogP contribution is -2.32. The Hall–Kier alpha value is -2.29. The Morgan fingerprint density at radius 1 is 1.11 bits per heavy atom. The predicted octanol–water partition coefficient (Wildman–Crippen LogP) is 3.78. The average Bonchev–Trinajstić information content (AvgIpc) is 2.61. The number of halogens is 1. The summed E-state index contributed by atoms with van der Waals surface area (Å²) in [6.45, 7) is 7.02. The highest BCUT2D eigenvalue weighted by Crippen LogP contribution is 2.30. The molecule has 2 aromatic rings. The van der Waals surface area contributed by atoms with E-state index < -0.39 is 10.1 Å². The van der Waals surface area contributed by atoms with Gasteiger partial charge in [-0.25, -0.2) is 0 Å². The summed E-state index contributed by atoms with van der Waals surface area (Å²) in [4.78, 5) is 19.5. The SMILES string of the molecule is CCN(CC)c1cccc(N(Oc2ccc(S(=O)(=O)O)cc2Cl)C(C)=O)c1. The highest BCUT2D eigenvalue weighted by atomic mass is 35.5. The largest absolute Gasteiger partial charge is 0.372 e. The van der Waals surface area contributed by atoms with Gasteiger partial charge in [0.1, 0.15) is 0 Å². The van der Waals surface area contributed by atoms with Crippen molar-refractivity contribution in [1.29, 1.82) is 0 Å². The zero-order chi connectivity index (χ0) is 20.2. The van der Waals surface area contributed by atoms with E-state index in [0.717, 1.165) is 36.0 Å². The first-order chi connectivity index (χ1) is 12.7. The van der Waals surface area contributed by atoms with Crippen LogP contribution < -0.4 is 14.8 Å². The van der Waals surface area contributed by atoms with Crippen LogP contribution >= 0.6 is 11.6 Å². The van der Waals surface area contributed by atoms with Gasteiger partial charge < -0.3 is 9.74 Å². The summed E-state index contributed by atoms with van der Waals surface area (Å²) >= 11 is 6.05. The molecule has 0 saturated heterocycles. The zero-order valence-electron chi connectivity index (χ0n) is 15.2. The quantitative estimate of drug-likeness (QED) is 0.550. The fraction of sp³-hybridized carbons (Fsp3) is 0.278. The molecule has 0 fully saturated rings. The highest BCUT2D eigenvalue weighted by molar-refractivity contribution is 7.85. The molecule has 0 bridgehead atoms. The maximum Gasteiger partial charge on any atom is 0.294 e. The van der Waals surface area contributed by atoms with Crippen molar-refractivity contribution in [3.05, 3.63) is 47.5 Å². The fourth-order valence-corrected chi connectivity index (χ4v) is 3.30. The maximum absolute atomic E-state index is 12.1. The molecule has 0 unspecified atom stereocenters. The van der Waals surface area contributed by atoms with Gasteiger partial charge in [0.05, 0.1) is 15.6 Å². The van der Waals surface area contributed by atoms with Crippen molar-refractivity contribution in [1.82, 2.24) is 0 Å². The summed E-state index contributed by atoms with van der Waals surface area (Å²) < 4.78 is 31.5. The Labute approximate surface area is 163 Å². The Morgan fingerprint density at radius 2 is 1.74 bits per heavy atom. The molecule has 2 aromatic carbocycles. The number of hydroxylamine groups is 1. The molecule has 9 heteroatoms. The van der Waals surface area contributed by atoms with Crippen molar-refractivity contribution in [2.75, 3.05) is 23.1 Å². The van der Waals surface area contributed by atoms with Crippen LogP contribution in [0.4, 0.5) is 11.4 Å². The van der Waals surface area contributed by atoms with Gasteiger partial charge in [0.2, 0.25) is 0 Å². The molecule has 1 amide bonds. The molecule has 0 aromatic heterocycles. The molecule has 0 aliphatic heterocycles. The van der Waals surface area contributed by atoms with Crippen molar-refractivity contribution < 1.29 is 22.6 Å². The van der Waals surface area contributed by atoms with E-state index in [1.165, 1.54) is 13.0 Å². The monoisotopic (exact) mass is 412 g/mol. The fourth-order valence-electron chi connectivity index (χ4n) is 2.52. The zero-order valence-corrected chi connectivity index (χ0v) is 16.8. The maximum atomic E-state index is 12.1. The van der Waals surface area contributed by atoms with E-state index >= 15 is 0 Å². The standard InChI is InChI=1S/C18H21ClN2O5S/c1-4-20(5-2)14-7-6-8-15(11-14)21(13(3)22)26-18-10-9-16(12-17(18)19)27(23,24)25/h6-12H,4-5H2,1-3H3,(H,23,24,25). The van der Waals surface area contributed by atoms with E-state index in [-0.39, 0.29) is 21.6 Å². The van der Waals surface area contributed by atoms with E-state index in [9.17, 15) is 13.2 Å². The minimum Gasteiger partial charge on any atom is -0.372 e. The van der Waals surface area contributed by atoms with Crippen LogP contribution in [-0.4, -0.2) is 32.0 Å². The molecule has 1 N–H and O–H groups in total. The number of hydrogen-bond acceptors (Lipinski definition) is 5. The number of nitrogens with zero attached hydrogens (tertiary/aromatic N) is 2. The molecule has 2 rings (SSSR count). The number of carbonyl (C=O) groups excluding carboxylic acids is 1. The van der Waals surface area contributed by atoms with E-state index in [4.69, 9.17) is 21.0 Å². The molecular weight excluding hydrogens is 392 g/mol. The molecule has 0 atom stereocenters. The minimum atomic E-state index is -4.39. The Bertz CT molecular complexity index is 929. The van der Waals surface area contributed by atoms with Gasteiger partial charge in [-0.1, -0.05) is 17.7 Å². The summed E-state index contributed by atoms with van der Waals surface area (Å²) in [5, 5.41) is 1.01. The van der Waals surface area contributed by atoms with Crippen LogP contribution in [0.1, 0.15) is 20.8 Å². The van der Waals surface area contributed by atoms with Crippen LogP contribution in [0.25, 0.3) is 0 Å². The third kappa shape index (κ3) is 5.12. The first-order valence-electron chi connectivity index (χ1n) is 8.28. The van der Waals surface area contributed by atoms with Gasteiger partial charge in [-0.2, -0.15) is 8.42 Å². The Balaban J connectivity index is 2.37. The molecule has 0 aliphatic carbocycles. The van der Waals surface area contributed by atoms with Crippen molar-refractivity contribution in [2.24, 2.45) is 0 Å². The molecule has 0 aliphatic rings. The summed E-state index contributed by atoms with van der Waals surface area (Å²) in [6, 6.07) is 10.7. The van der Waals surface area contributed by atoms with Crippen LogP contribution in [0.5, 0.6) is 5.75 Å². The van der Waals surface area contributed by atoms with Gasteiger partial charge in [0.15, 0.2) is 5.75 Å². The Morgan fingerprint density at radius 3 is 2.26 bits per heavy atom. The van der Waals surface area contributed by atoms with E-state index in [2.05, 4.69) is 4.90 Å². The lowest BCUT2D eigenvalue weighted by atomic mass is 10.2. The first-order valence-corrected chi connectivity index (χ1v) is 10.1. The molecule has 0 radical (unpaired) electrons. The smallest absolute Gasteiger partial charge is 0.294 e. The van der Waals surface area contributed by atoms with Crippen LogP contribution in [0.3, 0.4) is 0 Å². The number of amides is 1. The van der Waals surface area contributed by atoms with Crippen LogP contribution in [0.2, 0.25) is 5.02 Å². The van der Waals surface area contributed by atoms with E-state index in [1.807, 2.05) is 32.0 Å². The third-order valence-corrected chi connectivity index (χ3v) is 5.01. The average molecular weight is 413 g/mol. The summed E-state index contributed by atoms with van der Waals surface area (Å²) in [5.41, 5.74) is 1.43. The summed E-state index contributed by atoms with van der Waals surface area (Å²) in [5.74, 6) is -0.311. The molecule has 0 saturated carbocycles. The molecular formula is C18H21ClN2O5S. The van der Waals surface area contributed by atoms with Crippen molar-refractivity contribution in [3.8, 4) is 5.75 Å². The van der Waals surface area contributed by atoms with Gasteiger partial charge in [-0.3, -0.25) is 9.35 Å². The molecule has 0 heterocycles. The number of rotatable bonds is 7. The van der Waals surface area contributed by atoms with Crippen molar-refractivity contribution in [2.45, 2.75) is 25.7 Å². The molecule has 0 spiro atoms. The number of hydrogen-bond donors (Lipinski definition) is 1. The van der Waals surface area contributed by atoms with Crippen LogP contribution in [0.15, 0.2) is 47.4 Å². The van der Waals surface area contributed by atoms with E-state index in [0.29, 0.717) is 5.69 Å². The van der Waals surface area contributed by atoms with Gasteiger partial charge >= 0.3 is 0 Å². The molecule has 27 heavy (non-hydrogen) atoms. The number of benzene rings is 2. The van der Waals surface area contributed by atoms with Gasteiger partial charge in [0, 0.05) is 25.7 Å². The molecule has 7 nitrogen and oxygen atoms in total. The van der Waals surface area contributed by atoms with Gasteiger partial charge in [-0.05, 0) is 50.2 Å². The predicted molar refractivity (Wildman–Crippen MR) is 105 cm³/mol. The molecule has 146 valence electrons. The van der Waals surface area contributed by atoms with Crippen molar-refractivity contribution >= 4 is 39.0 Å². The second-order valence-electron chi connectivity index (χ2n) is 5.66. The number of anilines is 2. The van der Waals surface area contributed by atoms with Crippen LogP contribution in [0, 0.1) is 0 Å². The summed E-state index contributed by atoms with van der Waals surface area (Å²) in [7, 11) is -4.39. The lowest BCUT2D eigenvalue weighted by Gasteiger charge is -2.25. The normalized spacial score (nSPS) is 11.1. The summed E-state index contributed by atoms with van der Waals surface area (Å²) in [6.07, 6.45) is 0. The van der Waals surface area contributed by atoms with Crippen LogP contribution in [-0.2, 0) is 14.9 Å². The van der Waals surface area contributed by atoms with Gasteiger partial charge in [-0.15, -0.1) is 5.06 Å². The minimum absolute atomic E-state index is 0.0590. The second-order valence-corrected chi connectivity index (χ2v) is 7.49. The van der Waals surface area contributed by atoms with Crippen molar-refractivity contribution in [3.63, 3.8) is 0 Å². The van der Waals surface area contributed by atoms with E-state index in [1.54, 1.807) is 6.07 Å². The number of carbonyl (C=O) groups is 1. The second kappa shape index (κ2) is 8.60. The lowest BCUT2D eigenvalue weighted by molar-refractivity contribution is -0.120.